The summed E-state index contributed by atoms with van der Waals surface area (Å²) in [6, 6.07) is 8.00. The molecule has 24 heavy (non-hydrogen) atoms. The van der Waals surface area contributed by atoms with Gasteiger partial charge in [0, 0.05) is 26.1 Å². The van der Waals surface area contributed by atoms with Gasteiger partial charge < -0.3 is 9.16 Å². The summed E-state index contributed by atoms with van der Waals surface area (Å²) in [5.41, 5.74) is 1.18. The highest BCUT2D eigenvalue weighted by Crippen LogP contribution is 2.38. The standard InChI is InChI=1S/C19H32FNO2Si/c1-19(2,3)24(5,6)23-18-11-16(20)13-21(14-18)12-15-7-9-17(22-4)10-8-15/h7-10,16,18H,11-14H2,1-6H3/t16-,18-/m1/s1. The summed E-state index contributed by atoms with van der Waals surface area (Å²) in [5, 5.41) is 0.150. The molecule has 0 aliphatic carbocycles. The molecule has 1 aliphatic rings. The topological polar surface area (TPSA) is 21.7 Å². The molecular weight excluding hydrogens is 321 g/mol. The third-order valence-electron chi connectivity index (χ3n) is 5.27. The SMILES string of the molecule is COc1ccc(CN2C[C@H](F)C[C@@H](O[Si](C)(C)C(C)(C)C)C2)cc1. The van der Waals surface area contributed by atoms with Crippen molar-refractivity contribution >= 4 is 8.32 Å². The van der Waals surface area contributed by atoms with Crippen molar-refractivity contribution in [1.82, 2.24) is 4.90 Å². The maximum atomic E-state index is 14.3. The summed E-state index contributed by atoms with van der Waals surface area (Å²) in [6.07, 6.45) is -0.300. The molecule has 136 valence electrons. The lowest BCUT2D eigenvalue weighted by molar-refractivity contribution is 0.0291. The fourth-order valence-corrected chi connectivity index (χ4v) is 4.23. The number of benzene rings is 1. The average molecular weight is 354 g/mol. The highest BCUT2D eigenvalue weighted by molar-refractivity contribution is 6.74. The maximum Gasteiger partial charge on any atom is 0.192 e. The van der Waals surface area contributed by atoms with Gasteiger partial charge in [-0.3, -0.25) is 4.90 Å². The summed E-state index contributed by atoms with van der Waals surface area (Å²) in [4.78, 5) is 2.17. The summed E-state index contributed by atoms with van der Waals surface area (Å²) in [6.45, 7) is 13.2. The van der Waals surface area contributed by atoms with Gasteiger partial charge in [0.15, 0.2) is 8.32 Å². The number of halogens is 1. The number of alkyl halides is 1. The van der Waals surface area contributed by atoms with Gasteiger partial charge in [0.25, 0.3) is 0 Å². The highest BCUT2D eigenvalue weighted by atomic mass is 28.4. The van der Waals surface area contributed by atoms with Crippen molar-refractivity contribution in [2.45, 2.75) is 64.1 Å². The summed E-state index contributed by atoms with van der Waals surface area (Å²) >= 11 is 0. The van der Waals surface area contributed by atoms with E-state index in [0.717, 1.165) is 18.8 Å². The molecule has 0 unspecified atom stereocenters. The number of hydrogen-bond donors (Lipinski definition) is 0. The Balaban J connectivity index is 1.99. The van der Waals surface area contributed by atoms with Gasteiger partial charge in [0.2, 0.25) is 0 Å². The Labute approximate surface area is 147 Å². The molecule has 1 saturated heterocycles. The van der Waals surface area contributed by atoms with E-state index in [1.54, 1.807) is 7.11 Å². The van der Waals surface area contributed by atoms with Crippen LogP contribution in [0, 0.1) is 0 Å². The van der Waals surface area contributed by atoms with Crippen LogP contribution >= 0.6 is 0 Å². The van der Waals surface area contributed by atoms with Crippen molar-refractivity contribution in [3.63, 3.8) is 0 Å². The molecule has 0 aromatic heterocycles. The maximum absolute atomic E-state index is 14.3. The Morgan fingerprint density at radius 2 is 1.79 bits per heavy atom. The Kier molecular flexibility index (Phi) is 6.10. The molecule has 1 aromatic carbocycles. The highest BCUT2D eigenvalue weighted by Gasteiger charge is 2.41. The molecule has 5 heteroatoms. The first-order chi connectivity index (χ1) is 11.1. The van der Waals surface area contributed by atoms with Gasteiger partial charge >= 0.3 is 0 Å². The van der Waals surface area contributed by atoms with E-state index in [1.165, 1.54) is 5.56 Å². The third kappa shape index (κ3) is 5.04. The molecule has 0 amide bonds. The second-order valence-electron chi connectivity index (χ2n) is 8.38. The van der Waals surface area contributed by atoms with Gasteiger partial charge in [0.05, 0.1) is 13.2 Å². The number of methoxy groups -OCH3 is 1. The number of nitrogens with zero attached hydrogens (tertiary/aromatic N) is 1. The molecule has 1 aromatic rings. The molecule has 0 bridgehead atoms. The van der Waals surface area contributed by atoms with Gasteiger partial charge in [0.1, 0.15) is 11.9 Å². The van der Waals surface area contributed by atoms with Crippen LogP contribution in [-0.4, -0.2) is 45.7 Å². The predicted molar refractivity (Wildman–Crippen MR) is 99.9 cm³/mol. The molecule has 1 heterocycles. The molecule has 1 fully saturated rings. The zero-order chi connectivity index (χ0) is 18.0. The quantitative estimate of drug-likeness (QED) is 0.721. The van der Waals surface area contributed by atoms with Crippen LogP contribution in [0.2, 0.25) is 18.1 Å². The van der Waals surface area contributed by atoms with Crippen molar-refractivity contribution in [1.29, 1.82) is 0 Å². The zero-order valence-electron chi connectivity index (χ0n) is 15.9. The Morgan fingerprint density at radius 3 is 2.33 bits per heavy atom. The van der Waals surface area contributed by atoms with Crippen LogP contribution in [0.5, 0.6) is 5.75 Å². The number of likely N-dealkylation sites (tertiary alicyclic amines) is 1. The lowest BCUT2D eigenvalue weighted by Gasteiger charge is -2.43. The molecule has 0 N–H and O–H groups in total. The predicted octanol–water partition coefficient (Wildman–Crippen LogP) is 4.63. The molecule has 2 atom stereocenters. The zero-order valence-corrected chi connectivity index (χ0v) is 16.9. The fraction of sp³-hybridized carbons (Fsp3) is 0.684. The first kappa shape index (κ1) is 19.4. The van der Waals surface area contributed by atoms with E-state index >= 15 is 0 Å². The van der Waals surface area contributed by atoms with Gasteiger partial charge in [-0.1, -0.05) is 32.9 Å². The van der Waals surface area contributed by atoms with Crippen LogP contribution in [0.3, 0.4) is 0 Å². The molecule has 0 radical (unpaired) electrons. The molecule has 0 saturated carbocycles. The van der Waals surface area contributed by atoms with Gasteiger partial charge in [-0.15, -0.1) is 0 Å². The van der Waals surface area contributed by atoms with Crippen LogP contribution in [0.1, 0.15) is 32.8 Å². The van der Waals surface area contributed by atoms with Crippen molar-refractivity contribution in [2.24, 2.45) is 0 Å². The van der Waals surface area contributed by atoms with E-state index < -0.39 is 14.5 Å². The number of ether oxygens (including phenoxy) is 1. The monoisotopic (exact) mass is 353 g/mol. The van der Waals surface area contributed by atoms with Crippen LogP contribution < -0.4 is 4.74 Å². The lowest BCUT2D eigenvalue weighted by Crippen LogP contribution is -2.51. The molecular formula is C19H32FNO2Si. The van der Waals surface area contributed by atoms with Crippen molar-refractivity contribution in [3.8, 4) is 5.75 Å². The van der Waals surface area contributed by atoms with Crippen LogP contribution in [0.25, 0.3) is 0 Å². The van der Waals surface area contributed by atoms with Crippen molar-refractivity contribution < 1.29 is 13.6 Å². The molecule has 3 nitrogen and oxygen atoms in total. The van der Waals surface area contributed by atoms with E-state index in [0.29, 0.717) is 13.0 Å². The first-order valence-electron chi connectivity index (χ1n) is 8.78. The fourth-order valence-electron chi connectivity index (χ4n) is 2.87. The van der Waals surface area contributed by atoms with E-state index in [-0.39, 0.29) is 11.1 Å². The number of rotatable bonds is 5. The third-order valence-corrected chi connectivity index (χ3v) is 9.80. The Hall–Kier alpha value is -0.913. The van der Waals surface area contributed by atoms with Gasteiger partial charge in [-0.25, -0.2) is 4.39 Å². The van der Waals surface area contributed by atoms with Crippen molar-refractivity contribution in [2.75, 3.05) is 20.2 Å². The van der Waals surface area contributed by atoms with E-state index in [1.807, 2.05) is 24.3 Å². The van der Waals surface area contributed by atoms with E-state index in [9.17, 15) is 4.39 Å². The number of piperidine rings is 1. The van der Waals surface area contributed by atoms with Crippen molar-refractivity contribution in [3.05, 3.63) is 29.8 Å². The minimum Gasteiger partial charge on any atom is -0.497 e. The molecule has 0 spiro atoms. The second-order valence-corrected chi connectivity index (χ2v) is 13.1. The smallest absolute Gasteiger partial charge is 0.192 e. The Morgan fingerprint density at radius 1 is 1.17 bits per heavy atom. The summed E-state index contributed by atoms with van der Waals surface area (Å²) in [7, 11) is -0.203. The molecule has 1 aliphatic heterocycles. The first-order valence-corrected chi connectivity index (χ1v) is 11.7. The van der Waals surface area contributed by atoms with Gasteiger partial charge in [-0.05, 0) is 35.8 Å². The van der Waals surface area contributed by atoms with E-state index in [4.69, 9.17) is 9.16 Å². The van der Waals surface area contributed by atoms with Crippen LogP contribution in [0.4, 0.5) is 4.39 Å². The molecule has 2 rings (SSSR count). The minimum atomic E-state index is -1.87. The largest absolute Gasteiger partial charge is 0.497 e. The van der Waals surface area contributed by atoms with E-state index in [2.05, 4.69) is 38.8 Å². The summed E-state index contributed by atoms with van der Waals surface area (Å²) in [5.74, 6) is 0.847. The second kappa shape index (κ2) is 7.54. The minimum absolute atomic E-state index is 0.00658. The van der Waals surface area contributed by atoms with Crippen LogP contribution in [0.15, 0.2) is 24.3 Å². The normalized spacial score (nSPS) is 23.3. The van der Waals surface area contributed by atoms with Gasteiger partial charge in [-0.2, -0.15) is 0 Å². The van der Waals surface area contributed by atoms with Crippen LogP contribution in [-0.2, 0) is 11.0 Å². The summed E-state index contributed by atoms with van der Waals surface area (Å²) < 4.78 is 25.9. The average Bonchev–Trinajstić information content (AvgIpc) is 2.45. The Bertz CT molecular complexity index is 527. The lowest BCUT2D eigenvalue weighted by atomic mass is 10.1. The number of hydrogen-bond acceptors (Lipinski definition) is 3.